The fourth-order valence-corrected chi connectivity index (χ4v) is 2.30. The van der Waals surface area contributed by atoms with Crippen LogP contribution in [0.15, 0.2) is 77.9 Å². The van der Waals surface area contributed by atoms with E-state index < -0.39 is 0 Å². The van der Waals surface area contributed by atoms with Crippen LogP contribution >= 0.6 is 0 Å². The Balaban J connectivity index is 1.90. The van der Waals surface area contributed by atoms with Gasteiger partial charge in [-0.25, -0.2) is 0 Å². The van der Waals surface area contributed by atoms with Crippen LogP contribution in [0.25, 0.3) is 5.69 Å². The third-order valence-electron chi connectivity index (χ3n) is 3.32. The van der Waals surface area contributed by atoms with Gasteiger partial charge < -0.3 is 9.30 Å². The van der Waals surface area contributed by atoms with Crippen molar-refractivity contribution in [3.05, 3.63) is 78.6 Å². The molecule has 0 N–H and O–H groups in total. The predicted molar refractivity (Wildman–Crippen MR) is 90.6 cm³/mol. The van der Waals surface area contributed by atoms with Crippen molar-refractivity contribution in [2.75, 3.05) is 6.61 Å². The number of hydrogen-bond acceptors (Lipinski definition) is 2. The Kier molecular flexibility index (Phi) is 4.35. The SMILES string of the molecule is CCOc1ccccc1N=Cc1cccn1-c1ccccc1. The van der Waals surface area contributed by atoms with Gasteiger partial charge in [0.1, 0.15) is 11.4 Å². The summed E-state index contributed by atoms with van der Waals surface area (Å²) in [5.74, 6) is 0.805. The molecule has 0 atom stereocenters. The largest absolute Gasteiger partial charge is 0.492 e. The van der Waals surface area contributed by atoms with Crippen LogP contribution in [0.1, 0.15) is 12.6 Å². The first kappa shape index (κ1) is 14.1. The van der Waals surface area contributed by atoms with Gasteiger partial charge in [0.2, 0.25) is 0 Å². The molecule has 3 heteroatoms. The fraction of sp³-hybridized carbons (Fsp3) is 0.105. The third-order valence-corrected chi connectivity index (χ3v) is 3.32. The molecule has 1 heterocycles. The molecule has 0 spiro atoms. The molecule has 0 saturated heterocycles. The number of ether oxygens (including phenoxy) is 1. The minimum atomic E-state index is 0.632. The first-order valence-electron chi connectivity index (χ1n) is 7.37. The van der Waals surface area contributed by atoms with Crippen LogP contribution < -0.4 is 4.74 Å². The van der Waals surface area contributed by atoms with Crippen molar-refractivity contribution >= 4 is 11.9 Å². The maximum atomic E-state index is 5.60. The number of benzene rings is 2. The van der Waals surface area contributed by atoms with Gasteiger partial charge >= 0.3 is 0 Å². The van der Waals surface area contributed by atoms with Gasteiger partial charge in [0.15, 0.2) is 0 Å². The molecule has 0 aliphatic heterocycles. The molecule has 0 fully saturated rings. The van der Waals surface area contributed by atoms with Gasteiger partial charge in [0.25, 0.3) is 0 Å². The number of para-hydroxylation sites is 3. The Morgan fingerprint density at radius 3 is 2.55 bits per heavy atom. The van der Waals surface area contributed by atoms with Gasteiger partial charge in [0, 0.05) is 11.9 Å². The van der Waals surface area contributed by atoms with Crippen LogP contribution in [0.5, 0.6) is 5.75 Å². The summed E-state index contributed by atoms with van der Waals surface area (Å²) >= 11 is 0. The van der Waals surface area contributed by atoms with Crippen LogP contribution in [0, 0.1) is 0 Å². The first-order chi connectivity index (χ1) is 10.9. The number of aromatic nitrogens is 1. The van der Waals surface area contributed by atoms with E-state index in [4.69, 9.17) is 4.74 Å². The minimum Gasteiger partial charge on any atom is -0.492 e. The smallest absolute Gasteiger partial charge is 0.144 e. The zero-order chi connectivity index (χ0) is 15.2. The Morgan fingerprint density at radius 1 is 0.955 bits per heavy atom. The molecule has 0 radical (unpaired) electrons. The second-order valence-electron chi connectivity index (χ2n) is 4.80. The van der Waals surface area contributed by atoms with Crippen LogP contribution in [-0.2, 0) is 0 Å². The molecule has 3 nitrogen and oxygen atoms in total. The maximum absolute atomic E-state index is 5.60. The highest BCUT2D eigenvalue weighted by atomic mass is 16.5. The maximum Gasteiger partial charge on any atom is 0.144 e. The van der Waals surface area contributed by atoms with Crippen LogP contribution in [-0.4, -0.2) is 17.4 Å². The van der Waals surface area contributed by atoms with Crippen LogP contribution in [0.3, 0.4) is 0 Å². The van der Waals surface area contributed by atoms with E-state index in [1.807, 2.05) is 73.9 Å². The van der Waals surface area contributed by atoms with Gasteiger partial charge in [-0.1, -0.05) is 30.3 Å². The summed E-state index contributed by atoms with van der Waals surface area (Å²) in [4.78, 5) is 4.58. The molecule has 1 aromatic heterocycles. The lowest BCUT2D eigenvalue weighted by atomic mass is 10.3. The summed E-state index contributed by atoms with van der Waals surface area (Å²) in [5, 5.41) is 0. The molecule has 0 saturated carbocycles. The second-order valence-corrected chi connectivity index (χ2v) is 4.80. The first-order valence-corrected chi connectivity index (χ1v) is 7.37. The van der Waals surface area contributed by atoms with Crippen molar-refractivity contribution < 1.29 is 4.74 Å². The molecule has 0 aliphatic rings. The quantitative estimate of drug-likeness (QED) is 0.629. The molecular weight excluding hydrogens is 272 g/mol. The van der Waals surface area contributed by atoms with Gasteiger partial charge in [-0.2, -0.15) is 0 Å². The van der Waals surface area contributed by atoms with E-state index in [2.05, 4.69) is 21.7 Å². The number of nitrogens with zero attached hydrogens (tertiary/aromatic N) is 2. The average molecular weight is 290 g/mol. The zero-order valence-electron chi connectivity index (χ0n) is 12.5. The summed E-state index contributed by atoms with van der Waals surface area (Å²) in [7, 11) is 0. The van der Waals surface area contributed by atoms with Gasteiger partial charge in [-0.3, -0.25) is 4.99 Å². The second kappa shape index (κ2) is 6.76. The van der Waals surface area contributed by atoms with E-state index in [9.17, 15) is 0 Å². The van der Waals surface area contributed by atoms with Crippen molar-refractivity contribution in [2.24, 2.45) is 4.99 Å². The van der Waals surface area contributed by atoms with Crippen molar-refractivity contribution in [3.8, 4) is 11.4 Å². The Labute approximate surface area is 130 Å². The van der Waals surface area contributed by atoms with E-state index in [1.54, 1.807) is 0 Å². The molecule has 22 heavy (non-hydrogen) atoms. The predicted octanol–water partition coefficient (Wildman–Crippen LogP) is 4.63. The average Bonchev–Trinajstić information content (AvgIpc) is 3.04. The van der Waals surface area contributed by atoms with E-state index in [0.29, 0.717) is 6.61 Å². The Morgan fingerprint density at radius 2 is 1.73 bits per heavy atom. The van der Waals surface area contributed by atoms with E-state index in [-0.39, 0.29) is 0 Å². The zero-order valence-corrected chi connectivity index (χ0v) is 12.5. The normalized spacial score (nSPS) is 11.0. The summed E-state index contributed by atoms with van der Waals surface area (Å²) in [6.45, 7) is 2.61. The van der Waals surface area contributed by atoms with Crippen molar-refractivity contribution in [1.82, 2.24) is 4.57 Å². The van der Waals surface area contributed by atoms with Crippen LogP contribution in [0.4, 0.5) is 5.69 Å². The molecule has 0 amide bonds. The molecule has 2 aromatic carbocycles. The van der Waals surface area contributed by atoms with Crippen molar-refractivity contribution in [3.63, 3.8) is 0 Å². The van der Waals surface area contributed by atoms with E-state index >= 15 is 0 Å². The molecule has 3 rings (SSSR count). The topological polar surface area (TPSA) is 26.5 Å². The molecular formula is C19H18N2O. The molecule has 0 unspecified atom stereocenters. The molecule has 3 aromatic rings. The van der Waals surface area contributed by atoms with Crippen molar-refractivity contribution in [2.45, 2.75) is 6.92 Å². The van der Waals surface area contributed by atoms with Crippen LogP contribution in [0.2, 0.25) is 0 Å². The lowest BCUT2D eigenvalue weighted by Gasteiger charge is -2.07. The highest BCUT2D eigenvalue weighted by Crippen LogP contribution is 2.26. The fourth-order valence-electron chi connectivity index (χ4n) is 2.30. The summed E-state index contributed by atoms with van der Waals surface area (Å²) < 4.78 is 7.71. The molecule has 110 valence electrons. The minimum absolute atomic E-state index is 0.632. The highest BCUT2D eigenvalue weighted by Gasteiger charge is 2.02. The van der Waals surface area contributed by atoms with Crippen molar-refractivity contribution in [1.29, 1.82) is 0 Å². The lowest BCUT2D eigenvalue weighted by molar-refractivity contribution is 0.341. The monoisotopic (exact) mass is 290 g/mol. The molecule has 0 aliphatic carbocycles. The lowest BCUT2D eigenvalue weighted by Crippen LogP contribution is -1.97. The van der Waals surface area contributed by atoms with Gasteiger partial charge in [-0.15, -0.1) is 0 Å². The van der Waals surface area contributed by atoms with E-state index in [0.717, 1.165) is 22.8 Å². The Bertz CT molecular complexity index is 760. The summed E-state index contributed by atoms with van der Waals surface area (Å²) in [6.07, 6.45) is 3.90. The van der Waals surface area contributed by atoms with Gasteiger partial charge in [0.05, 0.1) is 18.5 Å². The summed E-state index contributed by atoms with van der Waals surface area (Å²) in [5.41, 5.74) is 2.98. The number of aliphatic imine (C=N–C) groups is 1. The number of rotatable bonds is 5. The molecule has 0 bridgehead atoms. The highest BCUT2D eigenvalue weighted by molar-refractivity contribution is 5.82. The number of hydrogen-bond donors (Lipinski definition) is 0. The van der Waals surface area contributed by atoms with Gasteiger partial charge in [-0.05, 0) is 43.3 Å². The Hall–Kier alpha value is -2.81. The standard InChI is InChI=1S/C19H18N2O/c1-2-22-19-13-7-6-12-18(19)20-15-17-11-8-14-21(17)16-9-4-3-5-10-16/h3-15H,2H2,1H3. The summed E-state index contributed by atoms with van der Waals surface area (Å²) in [6, 6.07) is 22.1. The van der Waals surface area contributed by atoms with E-state index in [1.165, 1.54) is 0 Å². The third kappa shape index (κ3) is 3.09.